The third kappa shape index (κ3) is 7.56. The van der Waals surface area contributed by atoms with Gasteiger partial charge in [-0.15, -0.1) is 0 Å². The molecule has 2 unspecified atom stereocenters. The van der Waals surface area contributed by atoms with Gasteiger partial charge in [0.2, 0.25) is 5.92 Å². The molecule has 3 rings (SSSR count). The van der Waals surface area contributed by atoms with Crippen molar-refractivity contribution in [2.75, 3.05) is 11.5 Å². The van der Waals surface area contributed by atoms with Gasteiger partial charge in [0.15, 0.2) is 0 Å². The van der Waals surface area contributed by atoms with Crippen molar-refractivity contribution >= 4 is 17.7 Å². The summed E-state index contributed by atoms with van der Waals surface area (Å²) in [5, 5.41) is 12.3. The van der Waals surface area contributed by atoms with E-state index < -0.39 is 29.4 Å². The summed E-state index contributed by atoms with van der Waals surface area (Å²) in [4.78, 5) is 26.1. The largest absolute Gasteiger partial charge is 0.478 e. The van der Waals surface area contributed by atoms with E-state index in [0.29, 0.717) is 17.9 Å². The summed E-state index contributed by atoms with van der Waals surface area (Å²) in [7, 11) is 0. The maximum absolute atomic E-state index is 14.1. The molecule has 39 heavy (non-hydrogen) atoms. The standard InChI is InChI=1S/C31H42F2N2O4/c1-8-20(2)15-24(12-9-21(3)39-19-29(4,5)6)30(7)26(23-16-31(32,33)17-23)18-35(28(38)34-30)25-13-10-22(11-14-25)27(36)37/h9-15,18,20-21,23H,8,16-17,19H2,1-7H3,(H,34,38)(H,36,37)/b12-9-,24-15+/t20?,21?,30-/m0/s1. The lowest BCUT2D eigenvalue weighted by Gasteiger charge is -2.48. The number of urea groups is 1. The first-order chi connectivity index (χ1) is 18.0. The Morgan fingerprint density at radius 1 is 1.23 bits per heavy atom. The fraction of sp³-hybridized carbons (Fsp3) is 0.548. The second-order valence-electron chi connectivity index (χ2n) is 12.3. The first kappa shape index (κ1) is 30.5. The zero-order valence-corrected chi connectivity index (χ0v) is 24.1. The molecule has 1 saturated carbocycles. The average Bonchev–Trinajstić information content (AvgIpc) is 2.83. The third-order valence-corrected chi connectivity index (χ3v) is 7.36. The minimum atomic E-state index is -2.74. The maximum atomic E-state index is 14.1. The predicted molar refractivity (Wildman–Crippen MR) is 150 cm³/mol. The number of halogens is 2. The van der Waals surface area contributed by atoms with Crippen LogP contribution in [0.15, 0.2) is 59.8 Å². The Kier molecular flexibility index (Phi) is 9.10. The molecule has 3 atom stereocenters. The van der Waals surface area contributed by atoms with Crippen molar-refractivity contribution in [3.8, 4) is 0 Å². The highest BCUT2D eigenvalue weighted by Crippen LogP contribution is 2.51. The van der Waals surface area contributed by atoms with E-state index >= 15 is 0 Å². The van der Waals surface area contributed by atoms with E-state index in [-0.39, 0.29) is 35.8 Å². The fourth-order valence-electron chi connectivity index (χ4n) is 4.75. The van der Waals surface area contributed by atoms with Crippen molar-refractivity contribution < 1.29 is 28.2 Å². The number of benzene rings is 1. The quantitative estimate of drug-likeness (QED) is 0.298. The smallest absolute Gasteiger partial charge is 0.335 e. The number of carbonyl (C=O) groups is 2. The SMILES string of the molecule is CCC(C)/C=C(\C=C/C(C)OCC(C)(C)C)[C@]1(C)NC(=O)N(c2ccc(C(=O)O)cc2)C=C1C1CC(F)(F)C1. The molecule has 0 radical (unpaired) electrons. The number of hydrogen-bond donors (Lipinski definition) is 2. The first-order valence-electron chi connectivity index (χ1n) is 13.6. The van der Waals surface area contributed by atoms with E-state index in [1.807, 2.05) is 26.0 Å². The first-order valence-corrected chi connectivity index (χ1v) is 13.6. The molecule has 8 heteroatoms. The Morgan fingerprint density at radius 3 is 2.36 bits per heavy atom. The van der Waals surface area contributed by atoms with Gasteiger partial charge in [-0.1, -0.05) is 59.3 Å². The lowest BCUT2D eigenvalue weighted by molar-refractivity contribution is -0.102. The molecule has 2 aliphatic rings. The van der Waals surface area contributed by atoms with Crippen LogP contribution < -0.4 is 10.2 Å². The van der Waals surface area contributed by atoms with Crippen LogP contribution >= 0.6 is 0 Å². The molecule has 1 aliphatic heterocycles. The summed E-state index contributed by atoms with van der Waals surface area (Å²) in [5.74, 6) is -4.05. The molecule has 1 aromatic rings. The number of allylic oxidation sites excluding steroid dienone is 1. The Morgan fingerprint density at radius 2 is 1.85 bits per heavy atom. The fourth-order valence-corrected chi connectivity index (χ4v) is 4.75. The van der Waals surface area contributed by atoms with Gasteiger partial charge >= 0.3 is 12.0 Å². The summed E-state index contributed by atoms with van der Waals surface area (Å²) in [5.41, 5.74) is 1.06. The Labute approximate surface area is 230 Å². The van der Waals surface area contributed by atoms with E-state index in [1.165, 1.54) is 17.0 Å². The van der Waals surface area contributed by atoms with Crippen LogP contribution in [0.1, 0.15) is 78.1 Å². The number of nitrogens with one attached hydrogen (secondary N) is 1. The number of anilines is 1. The van der Waals surface area contributed by atoms with Crippen LogP contribution in [0.25, 0.3) is 0 Å². The molecule has 6 nitrogen and oxygen atoms in total. The number of amides is 2. The van der Waals surface area contributed by atoms with Crippen molar-refractivity contribution in [2.24, 2.45) is 17.3 Å². The van der Waals surface area contributed by atoms with Crippen molar-refractivity contribution in [2.45, 2.75) is 85.3 Å². The second kappa shape index (κ2) is 11.6. The monoisotopic (exact) mass is 544 g/mol. The molecular weight excluding hydrogens is 502 g/mol. The highest BCUT2D eigenvalue weighted by Gasteiger charge is 2.53. The second-order valence-corrected chi connectivity index (χ2v) is 12.3. The van der Waals surface area contributed by atoms with Crippen LogP contribution in [-0.4, -0.2) is 41.3 Å². The normalized spacial score (nSPS) is 23.7. The number of ether oxygens (including phenoxy) is 1. The Bertz CT molecular complexity index is 1140. The number of carboxylic acid groups (broad SMARTS) is 1. The van der Waals surface area contributed by atoms with Gasteiger partial charge in [-0.05, 0) is 66.5 Å². The number of rotatable bonds is 10. The lowest BCUT2D eigenvalue weighted by Crippen LogP contribution is -2.59. The van der Waals surface area contributed by atoms with Crippen molar-refractivity contribution in [1.82, 2.24) is 5.32 Å². The molecule has 214 valence electrons. The molecule has 2 amide bonds. The topological polar surface area (TPSA) is 78.9 Å². The zero-order valence-electron chi connectivity index (χ0n) is 24.1. The molecule has 2 N–H and O–H groups in total. The molecule has 0 aromatic heterocycles. The number of carboxylic acids is 1. The van der Waals surface area contributed by atoms with Gasteiger partial charge in [0.25, 0.3) is 0 Å². The van der Waals surface area contributed by atoms with Crippen LogP contribution in [0.2, 0.25) is 0 Å². The van der Waals surface area contributed by atoms with E-state index in [0.717, 1.165) is 12.0 Å². The maximum Gasteiger partial charge on any atom is 0.335 e. The molecule has 0 bridgehead atoms. The number of alkyl halides is 2. The van der Waals surface area contributed by atoms with Gasteiger partial charge in [0, 0.05) is 19.0 Å². The van der Waals surface area contributed by atoms with Gasteiger partial charge in [-0.3, -0.25) is 4.90 Å². The van der Waals surface area contributed by atoms with E-state index in [2.05, 4.69) is 46.0 Å². The van der Waals surface area contributed by atoms with Crippen LogP contribution in [-0.2, 0) is 4.74 Å². The van der Waals surface area contributed by atoms with Crippen LogP contribution in [0.3, 0.4) is 0 Å². The Balaban J connectivity index is 2.04. The minimum absolute atomic E-state index is 0.0122. The van der Waals surface area contributed by atoms with Gasteiger partial charge < -0.3 is 15.2 Å². The summed E-state index contributed by atoms with van der Waals surface area (Å²) in [6.45, 7) is 14.9. The number of carbonyl (C=O) groups excluding carboxylic acids is 1. The Hall–Kier alpha value is -3.00. The zero-order chi connectivity index (χ0) is 29.2. The van der Waals surface area contributed by atoms with Crippen molar-refractivity contribution in [1.29, 1.82) is 0 Å². The summed E-state index contributed by atoms with van der Waals surface area (Å²) in [6.07, 6.45) is 7.76. The van der Waals surface area contributed by atoms with Gasteiger partial charge in [0.05, 0.1) is 29.5 Å². The molecular formula is C31H42F2N2O4. The van der Waals surface area contributed by atoms with Crippen LogP contribution in [0, 0.1) is 17.3 Å². The number of hydrogen-bond acceptors (Lipinski definition) is 3. The highest BCUT2D eigenvalue weighted by molar-refractivity contribution is 5.97. The van der Waals surface area contributed by atoms with E-state index in [1.54, 1.807) is 18.3 Å². The van der Waals surface area contributed by atoms with Crippen molar-refractivity contribution in [3.63, 3.8) is 0 Å². The summed E-state index contributed by atoms with van der Waals surface area (Å²) < 4.78 is 34.2. The van der Waals surface area contributed by atoms with Gasteiger partial charge in [-0.2, -0.15) is 0 Å². The highest BCUT2D eigenvalue weighted by atomic mass is 19.3. The number of aromatic carboxylic acids is 1. The molecule has 0 spiro atoms. The molecule has 1 aromatic carbocycles. The predicted octanol–water partition coefficient (Wildman–Crippen LogP) is 7.58. The van der Waals surface area contributed by atoms with E-state index in [4.69, 9.17) is 4.74 Å². The van der Waals surface area contributed by atoms with Crippen LogP contribution in [0.4, 0.5) is 19.3 Å². The molecule has 1 fully saturated rings. The molecule has 0 saturated heterocycles. The summed E-state index contributed by atoms with van der Waals surface area (Å²) >= 11 is 0. The minimum Gasteiger partial charge on any atom is -0.478 e. The average molecular weight is 545 g/mol. The number of nitrogens with zero attached hydrogens (tertiary/aromatic N) is 1. The lowest BCUT2D eigenvalue weighted by atomic mass is 9.67. The van der Waals surface area contributed by atoms with E-state index in [9.17, 15) is 23.5 Å². The third-order valence-electron chi connectivity index (χ3n) is 7.36. The van der Waals surface area contributed by atoms with Crippen LogP contribution in [0.5, 0.6) is 0 Å². The van der Waals surface area contributed by atoms with Gasteiger partial charge in [0.1, 0.15) is 0 Å². The summed E-state index contributed by atoms with van der Waals surface area (Å²) in [6, 6.07) is 5.49. The molecule has 1 aliphatic carbocycles. The molecule has 1 heterocycles. The van der Waals surface area contributed by atoms with Gasteiger partial charge in [-0.25, -0.2) is 18.4 Å². The van der Waals surface area contributed by atoms with Crippen molar-refractivity contribution in [3.05, 3.63) is 65.4 Å².